The minimum atomic E-state index is -0.0740. The molecule has 3 rings (SSSR count). The Hall–Kier alpha value is -2.89. The van der Waals surface area contributed by atoms with Crippen LogP contribution in [-0.4, -0.2) is 55.4 Å². The first kappa shape index (κ1) is 17.9. The third kappa shape index (κ3) is 4.59. The van der Waals surface area contributed by atoms with E-state index in [4.69, 9.17) is 0 Å². The minimum absolute atomic E-state index is 0.0740. The van der Waals surface area contributed by atoms with Gasteiger partial charge in [0.25, 0.3) is 5.91 Å². The zero-order chi connectivity index (χ0) is 18.4. The summed E-state index contributed by atoms with van der Waals surface area (Å²) in [6, 6.07) is 14.1. The lowest BCUT2D eigenvalue weighted by atomic mass is 10.2. The van der Waals surface area contributed by atoms with Crippen molar-refractivity contribution >= 4 is 18.1 Å². The second-order valence-electron chi connectivity index (χ2n) is 6.57. The molecule has 2 aromatic rings. The van der Waals surface area contributed by atoms with Crippen LogP contribution in [-0.2, 0) is 6.54 Å². The molecule has 1 aliphatic rings. The predicted octanol–water partition coefficient (Wildman–Crippen LogP) is 2.18. The van der Waals surface area contributed by atoms with E-state index in [2.05, 4.69) is 37.2 Å². The van der Waals surface area contributed by atoms with Crippen LogP contribution in [0.4, 0.5) is 5.82 Å². The van der Waals surface area contributed by atoms with Crippen molar-refractivity contribution in [3.05, 3.63) is 59.8 Å². The zero-order valence-corrected chi connectivity index (χ0v) is 15.3. The van der Waals surface area contributed by atoms with Crippen LogP contribution in [0, 0.1) is 0 Å². The number of pyridine rings is 1. The summed E-state index contributed by atoms with van der Waals surface area (Å²) >= 11 is 0. The maximum Gasteiger partial charge on any atom is 0.253 e. The van der Waals surface area contributed by atoms with Gasteiger partial charge in [0, 0.05) is 46.0 Å². The molecule has 1 atom stereocenters. The van der Waals surface area contributed by atoms with E-state index in [0.717, 1.165) is 31.9 Å². The average Bonchev–Trinajstić information content (AvgIpc) is 3.10. The van der Waals surface area contributed by atoms with E-state index in [9.17, 15) is 4.79 Å². The Balaban J connectivity index is 1.56. The Labute approximate surface area is 154 Å². The molecule has 136 valence electrons. The monoisotopic (exact) mass is 351 g/mol. The lowest BCUT2D eigenvalue weighted by Crippen LogP contribution is -2.37. The molecular weight excluding hydrogens is 326 g/mol. The lowest BCUT2D eigenvalue weighted by Gasteiger charge is -2.18. The summed E-state index contributed by atoms with van der Waals surface area (Å²) in [6.45, 7) is 2.49. The number of nitrogens with zero attached hydrogens (tertiary/aromatic N) is 4. The molecule has 1 N–H and O–H groups in total. The number of hydrogen-bond acceptors (Lipinski definition) is 4. The molecule has 0 saturated carbocycles. The highest BCUT2D eigenvalue weighted by Gasteiger charge is 2.22. The highest BCUT2D eigenvalue weighted by atomic mass is 16.1. The highest BCUT2D eigenvalue weighted by Crippen LogP contribution is 2.14. The van der Waals surface area contributed by atoms with Gasteiger partial charge < -0.3 is 15.1 Å². The van der Waals surface area contributed by atoms with Gasteiger partial charge in [-0.1, -0.05) is 30.3 Å². The summed E-state index contributed by atoms with van der Waals surface area (Å²) in [4.78, 5) is 25.1. The zero-order valence-electron chi connectivity index (χ0n) is 15.3. The number of rotatable bonds is 6. The van der Waals surface area contributed by atoms with Crippen LogP contribution >= 0.6 is 0 Å². The van der Waals surface area contributed by atoms with Gasteiger partial charge in [-0.3, -0.25) is 9.79 Å². The van der Waals surface area contributed by atoms with Crippen molar-refractivity contribution in [1.29, 1.82) is 0 Å². The number of carbonyl (C=O) groups excluding carboxylic acids is 1. The van der Waals surface area contributed by atoms with E-state index in [1.165, 1.54) is 5.56 Å². The number of benzene rings is 1. The van der Waals surface area contributed by atoms with E-state index in [1.807, 2.05) is 43.7 Å². The van der Waals surface area contributed by atoms with Gasteiger partial charge in [-0.05, 0) is 24.1 Å². The van der Waals surface area contributed by atoms with Crippen LogP contribution in [0.5, 0.6) is 0 Å². The number of hydrogen-bond donors (Lipinski definition) is 1. The molecule has 0 spiro atoms. The summed E-state index contributed by atoms with van der Waals surface area (Å²) in [5, 5.41) is 3.08. The Morgan fingerprint density at radius 1 is 1.35 bits per heavy atom. The maximum atomic E-state index is 12.4. The van der Waals surface area contributed by atoms with Crippen molar-refractivity contribution in [2.75, 3.05) is 32.1 Å². The van der Waals surface area contributed by atoms with Gasteiger partial charge in [0.1, 0.15) is 5.82 Å². The van der Waals surface area contributed by atoms with E-state index in [-0.39, 0.29) is 11.9 Å². The first-order chi connectivity index (χ1) is 12.7. The molecule has 1 fully saturated rings. The molecule has 6 heteroatoms. The third-order valence-corrected chi connectivity index (χ3v) is 4.50. The number of aromatic nitrogens is 1. The molecule has 1 aliphatic heterocycles. The Morgan fingerprint density at radius 3 is 2.85 bits per heavy atom. The van der Waals surface area contributed by atoms with Gasteiger partial charge in [-0.2, -0.15) is 0 Å². The molecule has 1 unspecified atom stereocenters. The number of carbonyl (C=O) groups is 1. The number of nitrogens with one attached hydrogen (secondary N) is 1. The van der Waals surface area contributed by atoms with Crippen LogP contribution < -0.4 is 10.2 Å². The molecule has 0 aliphatic carbocycles. The Bertz CT molecular complexity index is 745. The van der Waals surface area contributed by atoms with E-state index in [1.54, 1.807) is 13.2 Å². The third-order valence-electron chi connectivity index (χ3n) is 4.50. The highest BCUT2D eigenvalue weighted by molar-refractivity contribution is 5.94. The van der Waals surface area contributed by atoms with Crippen molar-refractivity contribution in [3.8, 4) is 0 Å². The number of aliphatic imine (C=N–C) groups is 1. The van der Waals surface area contributed by atoms with E-state index in [0.29, 0.717) is 5.56 Å². The van der Waals surface area contributed by atoms with Gasteiger partial charge >= 0.3 is 0 Å². The minimum Gasteiger partial charge on any atom is -0.361 e. The number of amides is 1. The lowest BCUT2D eigenvalue weighted by molar-refractivity contribution is 0.0938. The summed E-state index contributed by atoms with van der Waals surface area (Å²) in [5.74, 6) is 0.770. The van der Waals surface area contributed by atoms with Crippen molar-refractivity contribution < 1.29 is 4.79 Å². The second-order valence-corrected chi connectivity index (χ2v) is 6.57. The van der Waals surface area contributed by atoms with Crippen molar-refractivity contribution in [2.45, 2.75) is 19.0 Å². The number of likely N-dealkylation sites (tertiary alicyclic amines) is 1. The SMILES string of the molecule is C/N=C\N1CCC(NC(=O)c2ccc(N(C)Cc3ccccc3)nc2)C1. The summed E-state index contributed by atoms with van der Waals surface area (Å²) in [6.07, 6.45) is 4.40. The van der Waals surface area contributed by atoms with E-state index < -0.39 is 0 Å². The topological polar surface area (TPSA) is 60.8 Å². The molecule has 0 bridgehead atoms. The first-order valence-electron chi connectivity index (χ1n) is 8.84. The van der Waals surface area contributed by atoms with Crippen LogP contribution in [0.2, 0.25) is 0 Å². The average molecular weight is 351 g/mol. The fourth-order valence-electron chi connectivity index (χ4n) is 3.13. The van der Waals surface area contributed by atoms with E-state index >= 15 is 0 Å². The largest absolute Gasteiger partial charge is 0.361 e. The van der Waals surface area contributed by atoms with Gasteiger partial charge in [0.05, 0.1) is 11.9 Å². The fraction of sp³-hybridized carbons (Fsp3) is 0.350. The molecule has 1 saturated heterocycles. The molecule has 1 aromatic heterocycles. The van der Waals surface area contributed by atoms with Crippen LogP contribution in [0.3, 0.4) is 0 Å². The summed E-state index contributed by atoms with van der Waals surface area (Å²) in [5.41, 5.74) is 1.81. The number of anilines is 1. The normalized spacial score (nSPS) is 16.8. The molecule has 1 aromatic carbocycles. The standard InChI is InChI=1S/C20H25N5O/c1-21-15-25-11-10-18(14-25)23-20(26)17-8-9-19(22-12-17)24(2)13-16-6-4-3-5-7-16/h3-9,12,15,18H,10-11,13-14H2,1-2H3,(H,23,26)/b21-15-. The first-order valence-corrected chi connectivity index (χ1v) is 8.84. The second kappa shape index (κ2) is 8.47. The predicted molar refractivity (Wildman–Crippen MR) is 105 cm³/mol. The van der Waals surface area contributed by atoms with Crippen LogP contribution in [0.25, 0.3) is 0 Å². The summed E-state index contributed by atoms with van der Waals surface area (Å²) < 4.78 is 0. The van der Waals surface area contributed by atoms with Crippen molar-refractivity contribution in [3.63, 3.8) is 0 Å². The van der Waals surface area contributed by atoms with Gasteiger partial charge in [0.15, 0.2) is 0 Å². The van der Waals surface area contributed by atoms with Gasteiger partial charge in [-0.25, -0.2) is 4.98 Å². The quantitative estimate of drug-likeness (QED) is 0.640. The van der Waals surface area contributed by atoms with Crippen LogP contribution in [0.1, 0.15) is 22.3 Å². The van der Waals surface area contributed by atoms with Crippen molar-refractivity contribution in [2.24, 2.45) is 4.99 Å². The van der Waals surface area contributed by atoms with Crippen molar-refractivity contribution in [1.82, 2.24) is 15.2 Å². The maximum absolute atomic E-state index is 12.4. The summed E-state index contributed by atoms with van der Waals surface area (Å²) in [7, 11) is 3.76. The molecule has 1 amide bonds. The molecule has 0 radical (unpaired) electrons. The smallest absolute Gasteiger partial charge is 0.253 e. The van der Waals surface area contributed by atoms with Gasteiger partial charge in [-0.15, -0.1) is 0 Å². The molecular formula is C20H25N5O. The molecule has 26 heavy (non-hydrogen) atoms. The Morgan fingerprint density at radius 2 is 2.15 bits per heavy atom. The van der Waals surface area contributed by atoms with Gasteiger partial charge in [0.2, 0.25) is 0 Å². The molecule has 6 nitrogen and oxygen atoms in total. The Kier molecular flexibility index (Phi) is 5.84. The van der Waals surface area contributed by atoms with Crippen LogP contribution in [0.15, 0.2) is 53.7 Å². The fourth-order valence-corrected chi connectivity index (χ4v) is 3.13. The molecule has 2 heterocycles.